The molecule has 1 aromatic rings. The SMILES string of the molecule is Cc1ccc(O)c(CN2CCC(CO)C2)n1. The predicted octanol–water partition coefficient (Wildman–Crippen LogP) is 0.910. The molecule has 0 aromatic carbocycles. The lowest BCUT2D eigenvalue weighted by atomic mass is 10.1. The molecular formula is C12H18N2O2. The van der Waals surface area contributed by atoms with Crippen LogP contribution in [0, 0.1) is 12.8 Å². The number of aromatic hydroxyl groups is 1. The van der Waals surface area contributed by atoms with Gasteiger partial charge >= 0.3 is 0 Å². The molecule has 1 aliphatic rings. The van der Waals surface area contributed by atoms with Crippen molar-refractivity contribution in [1.82, 2.24) is 9.88 Å². The number of pyridine rings is 1. The summed E-state index contributed by atoms with van der Waals surface area (Å²) >= 11 is 0. The third kappa shape index (κ3) is 2.51. The molecule has 2 N–H and O–H groups in total. The van der Waals surface area contributed by atoms with Gasteiger partial charge in [0.15, 0.2) is 0 Å². The van der Waals surface area contributed by atoms with Crippen molar-refractivity contribution in [2.45, 2.75) is 19.9 Å². The second-order valence-corrected chi connectivity index (χ2v) is 4.49. The molecule has 1 aliphatic heterocycles. The van der Waals surface area contributed by atoms with Crippen LogP contribution in [0.2, 0.25) is 0 Å². The number of aliphatic hydroxyl groups excluding tert-OH is 1. The molecule has 1 fully saturated rings. The Labute approximate surface area is 95.5 Å². The van der Waals surface area contributed by atoms with E-state index >= 15 is 0 Å². The average molecular weight is 222 g/mol. The summed E-state index contributed by atoms with van der Waals surface area (Å²) in [7, 11) is 0. The number of rotatable bonds is 3. The minimum atomic E-state index is 0.254. The van der Waals surface area contributed by atoms with E-state index in [9.17, 15) is 5.11 Å². The van der Waals surface area contributed by atoms with E-state index in [1.54, 1.807) is 12.1 Å². The highest BCUT2D eigenvalue weighted by molar-refractivity contribution is 5.27. The van der Waals surface area contributed by atoms with Crippen LogP contribution in [0.3, 0.4) is 0 Å². The van der Waals surface area contributed by atoms with Crippen LogP contribution in [0.15, 0.2) is 12.1 Å². The Kier molecular flexibility index (Phi) is 3.41. The summed E-state index contributed by atoms with van der Waals surface area (Å²) in [5.74, 6) is 0.644. The molecule has 1 saturated heterocycles. The number of nitrogens with zero attached hydrogens (tertiary/aromatic N) is 2. The predicted molar refractivity (Wildman–Crippen MR) is 61.1 cm³/mol. The first-order valence-corrected chi connectivity index (χ1v) is 5.67. The van der Waals surface area contributed by atoms with Gasteiger partial charge < -0.3 is 10.2 Å². The molecule has 1 unspecified atom stereocenters. The fourth-order valence-corrected chi connectivity index (χ4v) is 2.14. The first-order valence-electron chi connectivity index (χ1n) is 5.67. The van der Waals surface area contributed by atoms with Gasteiger partial charge in [0, 0.05) is 25.4 Å². The molecule has 0 saturated carbocycles. The molecule has 0 amide bonds. The summed E-state index contributed by atoms with van der Waals surface area (Å²) in [6, 6.07) is 3.50. The highest BCUT2D eigenvalue weighted by Gasteiger charge is 2.22. The van der Waals surface area contributed by atoms with Crippen molar-refractivity contribution < 1.29 is 10.2 Å². The molecule has 16 heavy (non-hydrogen) atoms. The van der Waals surface area contributed by atoms with Crippen LogP contribution in [-0.4, -0.2) is 39.8 Å². The molecule has 0 radical (unpaired) electrons. The molecular weight excluding hydrogens is 204 g/mol. The maximum atomic E-state index is 9.68. The van der Waals surface area contributed by atoms with E-state index < -0.39 is 0 Å². The number of hydrogen-bond donors (Lipinski definition) is 2. The Morgan fingerprint density at radius 2 is 2.31 bits per heavy atom. The fourth-order valence-electron chi connectivity index (χ4n) is 2.14. The molecule has 2 heterocycles. The van der Waals surface area contributed by atoms with Gasteiger partial charge in [-0.2, -0.15) is 0 Å². The van der Waals surface area contributed by atoms with Crippen LogP contribution in [0.4, 0.5) is 0 Å². The lowest BCUT2D eigenvalue weighted by Crippen LogP contribution is -2.21. The third-order valence-electron chi connectivity index (χ3n) is 3.09. The molecule has 4 nitrogen and oxygen atoms in total. The number of aryl methyl sites for hydroxylation is 1. The van der Waals surface area contributed by atoms with E-state index in [0.29, 0.717) is 12.5 Å². The van der Waals surface area contributed by atoms with Gasteiger partial charge in [0.2, 0.25) is 0 Å². The lowest BCUT2D eigenvalue weighted by molar-refractivity contribution is 0.219. The van der Waals surface area contributed by atoms with Crippen LogP contribution in [0.5, 0.6) is 5.75 Å². The maximum Gasteiger partial charge on any atom is 0.138 e. The second-order valence-electron chi connectivity index (χ2n) is 4.49. The van der Waals surface area contributed by atoms with Crippen molar-refractivity contribution in [2.24, 2.45) is 5.92 Å². The third-order valence-corrected chi connectivity index (χ3v) is 3.09. The zero-order chi connectivity index (χ0) is 11.5. The average Bonchev–Trinajstić information content (AvgIpc) is 2.71. The van der Waals surface area contributed by atoms with Crippen molar-refractivity contribution in [2.75, 3.05) is 19.7 Å². The molecule has 0 spiro atoms. The van der Waals surface area contributed by atoms with Gasteiger partial charge in [-0.3, -0.25) is 9.88 Å². The highest BCUT2D eigenvalue weighted by Crippen LogP contribution is 2.21. The molecule has 0 bridgehead atoms. The molecule has 1 atom stereocenters. The zero-order valence-electron chi connectivity index (χ0n) is 9.56. The topological polar surface area (TPSA) is 56.6 Å². The van der Waals surface area contributed by atoms with E-state index in [0.717, 1.165) is 30.9 Å². The first-order chi connectivity index (χ1) is 7.69. The zero-order valence-corrected chi connectivity index (χ0v) is 9.56. The van der Waals surface area contributed by atoms with Gasteiger partial charge in [-0.15, -0.1) is 0 Å². The Morgan fingerprint density at radius 3 is 3.00 bits per heavy atom. The molecule has 4 heteroatoms. The van der Waals surface area contributed by atoms with Gasteiger partial charge in [-0.1, -0.05) is 0 Å². The number of likely N-dealkylation sites (tertiary alicyclic amines) is 1. The summed E-state index contributed by atoms with van der Waals surface area (Å²) in [6.45, 7) is 4.71. The Hall–Kier alpha value is -1.13. The van der Waals surface area contributed by atoms with Gasteiger partial charge in [0.05, 0.1) is 5.69 Å². The van der Waals surface area contributed by atoms with Crippen molar-refractivity contribution in [1.29, 1.82) is 0 Å². The van der Waals surface area contributed by atoms with Gasteiger partial charge in [0.25, 0.3) is 0 Å². The molecule has 1 aromatic heterocycles. The first kappa shape index (κ1) is 11.4. The quantitative estimate of drug-likeness (QED) is 0.798. The minimum absolute atomic E-state index is 0.254. The normalized spacial score (nSPS) is 21.5. The van der Waals surface area contributed by atoms with E-state index in [4.69, 9.17) is 5.11 Å². The highest BCUT2D eigenvalue weighted by atomic mass is 16.3. The summed E-state index contributed by atoms with van der Waals surface area (Å²) in [6.07, 6.45) is 1.03. The van der Waals surface area contributed by atoms with Crippen LogP contribution < -0.4 is 0 Å². The number of hydrogen-bond acceptors (Lipinski definition) is 4. The molecule has 88 valence electrons. The van der Waals surface area contributed by atoms with Crippen LogP contribution in [0.1, 0.15) is 17.8 Å². The fraction of sp³-hybridized carbons (Fsp3) is 0.583. The minimum Gasteiger partial charge on any atom is -0.506 e. The van der Waals surface area contributed by atoms with Gasteiger partial charge in [-0.25, -0.2) is 0 Å². The summed E-state index contributed by atoms with van der Waals surface area (Å²) in [5.41, 5.74) is 1.66. The van der Waals surface area contributed by atoms with Crippen LogP contribution in [-0.2, 0) is 6.54 Å². The van der Waals surface area contributed by atoms with Crippen molar-refractivity contribution in [3.8, 4) is 5.75 Å². The van der Waals surface area contributed by atoms with Crippen molar-refractivity contribution in [3.63, 3.8) is 0 Å². The standard InChI is InChI=1S/C12H18N2O2/c1-9-2-3-12(16)11(13-9)7-14-5-4-10(6-14)8-15/h2-3,10,15-16H,4-8H2,1H3. The number of aliphatic hydroxyl groups is 1. The van der Waals surface area contributed by atoms with Crippen LogP contribution in [0.25, 0.3) is 0 Å². The Bertz CT molecular complexity index is 368. The smallest absolute Gasteiger partial charge is 0.138 e. The number of aromatic nitrogens is 1. The maximum absolute atomic E-state index is 9.68. The summed E-state index contributed by atoms with van der Waals surface area (Å²) in [4.78, 5) is 6.56. The summed E-state index contributed by atoms with van der Waals surface area (Å²) in [5, 5.41) is 18.7. The molecule has 2 rings (SSSR count). The van der Waals surface area contributed by atoms with Gasteiger partial charge in [-0.05, 0) is 37.9 Å². The second kappa shape index (κ2) is 4.80. The van der Waals surface area contributed by atoms with E-state index in [2.05, 4.69) is 9.88 Å². The van der Waals surface area contributed by atoms with E-state index in [1.807, 2.05) is 6.92 Å². The van der Waals surface area contributed by atoms with E-state index in [1.165, 1.54) is 0 Å². The van der Waals surface area contributed by atoms with Crippen LogP contribution >= 0.6 is 0 Å². The largest absolute Gasteiger partial charge is 0.506 e. The van der Waals surface area contributed by atoms with Gasteiger partial charge in [0.1, 0.15) is 5.75 Å². The van der Waals surface area contributed by atoms with Crippen molar-refractivity contribution in [3.05, 3.63) is 23.5 Å². The molecule has 0 aliphatic carbocycles. The lowest BCUT2D eigenvalue weighted by Gasteiger charge is -2.15. The van der Waals surface area contributed by atoms with E-state index in [-0.39, 0.29) is 12.4 Å². The summed E-state index contributed by atoms with van der Waals surface area (Å²) < 4.78 is 0. The Morgan fingerprint density at radius 1 is 1.50 bits per heavy atom. The Balaban J connectivity index is 2.01. The monoisotopic (exact) mass is 222 g/mol. The van der Waals surface area contributed by atoms with Crippen molar-refractivity contribution >= 4 is 0 Å².